The topological polar surface area (TPSA) is 59.1 Å². The Morgan fingerprint density at radius 1 is 1.50 bits per heavy atom. The number of nitrogens with one attached hydrogen (secondary N) is 1. The fraction of sp³-hybridized carbons (Fsp3) is 0.417. The summed E-state index contributed by atoms with van der Waals surface area (Å²) in [5, 5.41) is 7.50. The molecule has 16 heavy (non-hydrogen) atoms. The van der Waals surface area contributed by atoms with Crippen molar-refractivity contribution in [3.05, 3.63) is 28.2 Å². The highest BCUT2D eigenvalue weighted by Crippen LogP contribution is 2.26. The minimum absolute atomic E-state index is 0.0204. The van der Waals surface area contributed by atoms with Crippen LogP contribution in [0.2, 0.25) is 0 Å². The van der Waals surface area contributed by atoms with Crippen LogP contribution in [0, 0.1) is 11.3 Å². The second-order valence-corrected chi connectivity index (χ2v) is 4.91. The summed E-state index contributed by atoms with van der Waals surface area (Å²) in [7, 11) is 0. The fourth-order valence-corrected chi connectivity index (χ4v) is 1.85. The predicted molar refractivity (Wildman–Crippen MR) is 70.1 cm³/mol. The van der Waals surface area contributed by atoms with Crippen LogP contribution >= 0.6 is 15.9 Å². The van der Waals surface area contributed by atoms with Gasteiger partial charge in [-0.3, -0.25) is 5.41 Å². The molecule has 0 aliphatic rings. The van der Waals surface area contributed by atoms with Gasteiger partial charge in [-0.25, -0.2) is 0 Å². The first kappa shape index (κ1) is 13.0. The first-order valence-corrected chi connectivity index (χ1v) is 6.07. The van der Waals surface area contributed by atoms with Crippen molar-refractivity contribution >= 4 is 21.8 Å². The lowest BCUT2D eigenvalue weighted by Crippen LogP contribution is -2.14. The molecule has 4 heteroatoms. The average Bonchev–Trinajstić information content (AvgIpc) is 2.16. The number of hydrogen-bond acceptors (Lipinski definition) is 2. The van der Waals surface area contributed by atoms with E-state index < -0.39 is 0 Å². The van der Waals surface area contributed by atoms with Crippen molar-refractivity contribution in [3.63, 3.8) is 0 Å². The van der Waals surface area contributed by atoms with Crippen LogP contribution < -0.4 is 10.5 Å². The maximum absolute atomic E-state index is 7.50. The summed E-state index contributed by atoms with van der Waals surface area (Å²) in [5.41, 5.74) is 6.15. The van der Waals surface area contributed by atoms with Gasteiger partial charge in [0.2, 0.25) is 0 Å². The normalized spacial score (nSPS) is 10.5. The highest BCUT2D eigenvalue weighted by atomic mass is 79.9. The average molecular weight is 285 g/mol. The van der Waals surface area contributed by atoms with Crippen molar-refractivity contribution in [2.24, 2.45) is 11.7 Å². The predicted octanol–water partition coefficient (Wildman–Crippen LogP) is 3.16. The van der Waals surface area contributed by atoms with Crippen molar-refractivity contribution < 1.29 is 4.74 Å². The van der Waals surface area contributed by atoms with Crippen LogP contribution in [-0.4, -0.2) is 12.4 Å². The Balaban J connectivity index is 2.79. The van der Waals surface area contributed by atoms with E-state index in [1.165, 1.54) is 0 Å². The third-order valence-electron chi connectivity index (χ3n) is 2.20. The lowest BCUT2D eigenvalue weighted by molar-refractivity contribution is 0.289. The maximum Gasteiger partial charge on any atom is 0.131 e. The van der Waals surface area contributed by atoms with Crippen molar-refractivity contribution in [2.75, 3.05) is 6.61 Å². The number of ether oxygens (including phenoxy) is 1. The third kappa shape index (κ3) is 3.52. The Morgan fingerprint density at radius 3 is 2.75 bits per heavy atom. The number of benzene rings is 1. The lowest BCUT2D eigenvalue weighted by Gasteiger charge is -2.12. The molecule has 0 atom stereocenters. The molecular formula is C12H17BrN2O. The van der Waals surface area contributed by atoms with E-state index in [9.17, 15) is 0 Å². The van der Waals surface area contributed by atoms with E-state index in [1.54, 1.807) is 0 Å². The molecule has 3 N–H and O–H groups in total. The lowest BCUT2D eigenvalue weighted by atomic mass is 10.1. The largest absolute Gasteiger partial charge is 0.493 e. The number of amidine groups is 1. The monoisotopic (exact) mass is 284 g/mol. The number of nitrogens with two attached hydrogens (primary N) is 1. The SMILES string of the molecule is CC(C)CCOc1cccc(Br)c1C(=N)N. The molecule has 3 nitrogen and oxygen atoms in total. The van der Waals surface area contributed by atoms with E-state index in [0.29, 0.717) is 23.8 Å². The van der Waals surface area contributed by atoms with Gasteiger partial charge in [0.05, 0.1) is 12.2 Å². The molecule has 1 aromatic carbocycles. The van der Waals surface area contributed by atoms with Crippen LogP contribution in [0.4, 0.5) is 0 Å². The van der Waals surface area contributed by atoms with E-state index in [1.807, 2.05) is 18.2 Å². The molecule has 0 fully saturated rings. The summed E-state index contributed by atoms with van der Waals surface area (Å²) in [5.74, 6) is 1.29. The van der Waals surface area contributed by atoms with Gasteiger partial charge >= 0.3 is 0 Å². The second-order valence-electron chi connectivity index (χ2n) is 4.06. The zero-order valence-electron chi connectivity index (χ0n) is 9.59. The number of halogens is 1. The van der Waals surface area contributed by atoms with E-state index in [-0.39, 0.29) is 5.84 Å². The molecule has 88 valence electrons. The highest BCUT2D eigenvalue weighted by Gasteiger charge is 2.10. The number of nitrogen functional groups attached to an aromatic ring is 1. The van der Waals surface area contributed by atoms with Gasteiger partial charge in [-0.1, -0.05) is 19.9 Å². The molecular weight excluding hydrogens is 268 g/mol. The molecule has 0 aliphatic heterocycles. The Kier molecular flexibility index (Phi) is 4.80. The minimum atomic E-state index is 0.0204. The molecule has 0 radical (unpaired) electrons. The molecule has 0 amide bonds. The standard InChI is InChI=1S/C12H17BrN2O/c1-8(2)6-7-16-10-5-3-4-9(13)11(10)12(14)15/h3-5,8H,6-7H2,1-2H3,(H3,14,15). The van der Waals surface area contributed by atoms with Gasteiger partial charge in [0, 0.05) is 4.47 Å². The van der Waals surface area contributed by atoms with Crippen LogP contribution in [0.3, 0.4) is 0 Å². The van der Waals surface area contributed by atoms with E-state index in [2.05, 4.69) is 29.8 Å². The van der Waals surface area contributed by atoms with Crippen LogP contribution in [0.15, 0.2) is 22.7 Å². The van der Waals surface area contributed by atoms with Crippen molar-refractivity contribution in [2.45, 2.75) is 20.3 Å². The quantitative estimate of drug-likeness (QED) is 0.645. The first-order chi connectivity index (χ1) is 7.52. The smallest absolute Gasteiger partial charge is 0.131 e. The summed E-state index contributed by atoms with van der Waals surface area (Å²) in [6.45, 7) is 4.95. The molecule has 1 aromatic rings. The van der Waals surface area contributed by atoms with Gasteiger partial charge in [-0.15, -0.1) is 0 Å². The van der Waals surface area contributed by atoms with E-state index in [4.69, 9.17) is 15.9 Å². The summed E-state index contributed by atoms with van der Waals surface area (Å²) in [6, 6.07) is 5.56. The molecule has 0 aliphatic carbocycles. The molecule has 0 unspecified atom stereocenters. The van der Waals surface area contributed by atoms with E-state index >= 15 is 0 Å². The molecule has 1 rings (SSSR count). The summed E-state index contributed by atoms with van der Waals surface area (Å²) in [6.07, 6.45) is 0.990. The summed E-state index contributed by atoms with van der Waals surface area (Å²) < 4.78 is 6.43. The summed E-state index contributed by atoms with van der Waals surface area (Å²) >= 11 is 3.37. The molecule has 0 saturated heterocycles. The van der Waals surface area contributed by atoms with Gasteiger partial charge in [0.25, 0.3) is 0 Å². The Labute approximate surface area is 105 Å². The van der Waals surface area contributed by atoms with Crippen molar-refractivity contribution in [3.8, 4) is 5.75 Å². The van der Waals surface area contributed by atoms with Crippen molar-refractivity contribution in [1.29, 1.82) is 5.41 Å². The van der Waals surface area contributed by atoms with Gasteiger partial charge in [0.15, 0.2) is 0 Å². The Hall–Kier alpha value is -1.03. The van der Waals surface area contributed by atoms with Gasteiger partial charge in [-0.05, 0) is 40.4 Å². The highest BCUT2D eigenvalue weighted by molar-refractivity contribution is 9.10. The molecule has 0 saturated carbocycles. The molecule has 0 spiro atoms. The van der Waals surface area contributed by atoms with E-state index in [0.717, 1.165) is 10.9 Å². The second kappa shape index (κ2) is 5.89. The molecule has 0 bridgehead atoms. The number of hydrogen-bond donors (Lipinski definition) is 2. The molecule has 0 aromatic heterocycles. The van der Waals surface area contributed by atoms with Gasteiger partial charge in [0.1, 0.15) is 11.6 Å². The van der Waals surface area contributed by atoms with Crippen LogP contribution in [0.25, 0.3) is 0 Å². The Bertz CT molecular complexity index is 377. The van der Waals surface area contributed by atoms with Crippen LogP contribution in [0.5, 0.6) is 5.75 Å². The van der Waals surface area contributed by atoms with Gasteiger partial charge < -0.3 is 10.5 Å². The fourth-order valence-electron chi connectivity index (χ4n) is 1.29. The van der Waals surface area contributed by atoms with Crippen molar-refractivity contribution in [1.82, 2.24) is 0 Å². The minimum Gasteiger partial charge on any atom is -0.493 e. The Morgan fingerprint density at radius 2 is 2.19 bits per heavy atom. The zero-order valence-corrected chi connectivity index (χ0v) is 11.2. The van der Waals surface area contributed by atoms with Crippen LogP contribution in [-0.2, 0) is 0 Å². The number of rotatable bonds is 5. The van der Waals surface area contributed by atoms with Gasteiger partial charge in [-0.2, -0.15) is 0 Å². The first-order valence-electron chi connectivity index (χ1n) is 5.28. The van der Waals surface area contributed by atoms with Crippen LogP contribution in [0.1, 0.15) is 25.8 Å². The summed E-state index contributed by atoms with van der Waals surface area (Å²) in [4.78, 5) is 0. The third-order valence-corrected chi connectivity index (χ3v) is 2.86. The maximum atomic E-state index is 7.50. The zero-order chi connectivity index (χ0) is 12.1. The molecule has 0 heterocycles.